The molecule has 1 aliphatic carbocycles. The Morgan fingerprint density at radius 2 is 1.90 bits per heavy atom. The second-order valence-electron chi connectivity index (χ2n) is 7.29. The molecule has 1 unspecified atom stereocenters. The van der Waals surface area contributed by atoms with Crippen molar-refractivity contribution in [1.29, 1.82) is 0 Å². The van der Waals surface area contributed by atoms with Gasteiger partial charge in [-0.05, 0) is 44.8 Å². The third-order valence-corrected chi connectivity index (χ3v) is 4.78. The standard InChI is InChI=1S/C18H30N2O/c1-7-19(8-2)12-14(4)20-13(3)9-15-16(20)10-18(5,6)11-17(15)21/h9,14H,7-8,10-12H2,1-6H3. The van der Waals surface area contributed by atoms with Crippen LogP contribution in [0.4, 0.5) is 0 Å². The van der Waals surface area contributed by atoms with Crippen molar-refractivity contribution in [2.45, 2.75) is 60.4 Å². The third kappa shape index (κ3) is 3.23. The van der Waals surface area contributed by atoms with Gasteiger partial charge in [0.25, 0.3) is 0 Å². The highest BCUT2D eigenvalue weighted by Crippen LogP contribution is 2.37. The summed E-state index contributed by atoms with van der Waals surface area (Å²) in [5.74, 6) is 0.318. The molecule has 1 aromatic heterocycles. The van der Waals surface area contributed by atoms with Crippen LogP contribution in [0.5, 0.6) is 0 Å². The summed E-state index contributed by atoms with van der Waals surface area (Å²) in [5, 5.41) is 0. The zero-order valence-electron chi connectivity index (χ0n) is 14.5. The minimum atomic E-state index is 0.0849. The highest BCUT2D eigenvalue weighted by Gasteiger charge is 2.34. The lowest BCUT2D eigenvalue weighted by Gasteiger charge is -2.32. The highest BCUT2D eigenvalue weighted by molar-refractivity contribution is 5.99. The molecular weight excluding hydrogens is 260 g/mol. The van der Waals surface area contributed by atoms with Gasteiger partial charge in [-0.25, -0.2) is 0 Å². The van der Waals surface area contributed by atoms with E-state index in [4.69, 9.17) is 0 Å². The molecule has 0 saturated carbocycles. The van der Waals surface area contributed by atoms with Crippen LogP contribution in [0.15, 0.2) is 6.07 Å². The normalized spacial score (nSPS) is 18.9. The highest BCUT2D eigenvalue weighted by atomic mass is 16.1. The Hall–Kier alpha value is -1.09. The van der Waals surface area contributed by atoms with Crippen molar-refractivity contribution in [3.05, 3.63) is 23.0 Å². The van der Waals surface area contributed by atoms with Gasteiger partial charge in [-0.3, -0.25) is 4.79 Å². The predicted molar refractivity (Wildman–Crippen MR) is 88.1 cm³/mol. The molecule has 1 aromatic rings. The van der Waals surface area contributed by atoms with Gasteiger partial charge >= 0.3 is 0 Å². The van der Waals surface area contributed by atoms with E-state index in [2.05, 4.69) is 57.1 Å². The summed E-state index contributed by atoms with van der Waals surface area (Å²) >= 11 is 0. The first-order valence-electron chi connectivity index (χ1n) is 8.25. The van der Waals surface area contributed by atoms with E-state index in [0.29, 0.717) is 18.2 Å². The van der Waals surface area contributed by atoms with Gasteiger partial charge in [-0.2, -0.15) is 0 Å². The Kier molecular flexibility index (Phi) is 4.62. The Labute approximate surface area is 129 Å². The summed E-state index contributed by atoms with van der Waals surface area (Å²) in [6.07, 6.45) is 1.68. The van der Waals surface area contributed by atoms with Crippen LogP contribution in [-0.4, -0.2) is 34.9 Å². The number of carbonyl (C=O) groups is 1. The Morgan fingerprint density at radius 3 is 2.48 bits per heavy atom. The second-order valence-corrected chi connectivity index (χ2v) is 7.29. The van der Waals surface area contributed by atoms with E-state index >= 15 is 0 Å². The van der Waals surface area contributed by atoms with Crippen LogP contribution >= 0.6 is 0 Å². The van der Waals surface area contributed by atoms with Gasteiger partial charge in [-0.15, -0.1) is 0 Å². The lowest BCUT2D eigenvalue weighted by atomic mass is 9.76. The van der Waals surface area contributed by atoms with E-state index in [0.717, 1.165) is 31.6 Å². The smallest absolute Gasteiger partial charge is 0.165 e. The first kappa shape index (κ1) is 16.3. The van der Waals surface area contributed by atoms with Crippen LogP contribution < -0.4 is 0 Å². The molecule has 0 aliphatic heterocycles. The van der Waals surface area contributed by atoms with Crippen LogP contribution in [0.1, 0.15) is 68.8 Å². The lowest BCUT2D eigenvalue weighted by Crippen LogP contribution is -2.33. The van der Waals surface area contributed by atoms with Crippen molar-refractivity contribution in [3.8, 4) is 0 Å². The minimum absolute atomic E-state index is 0.0849. The largest absolute Gasteiger partial charge is 0.344 e. The van der Waals surface area contributed by atoms with Gasteiger partial charge in [-0.1, -0.05) is 27.7 Å². The van der Waals surface area contributed by atoms with E-state index in [9.17, 15) is 4.79 Å². The number of likely N-dealkylation sites (N-methyl/N-ethyl adjacent to an activating group) is 1. The number of rotatable bonds is 5. The zero-order chi connectivity index (χ0) is 15.8. The molecule has 1 heterocycles. The monoisotopic (exact) mass is 290 g/mol. The maximum atomic E-state index is 12.4. The van der Waals surface area contributed by atoms with Gasteiger partial charge < -0.3 is 9.47 Å². The Bertz CT molecular complexity index is 524. The summed E-state index contributed by atoms with van der Waals surface area (Å²) in [6.45, 7) is 16.4. The summed E-state index contributed by atoms with van der Waals surface area (Å²) in [7, 11) is 0. The molecule has 3 nitrogen and oxygen atoms in total. The lowest BCUT2D eigenvalue weighted by molar-refractivity contribution is 0.0909. The molecule has 3 heteroatoms. The molecule has 2 rings (SSSR count). The average molecular weight is 290 g/mol. The van der Waals surface area contributed by atoms with Crippen molar-refractivity contribution in [2.24, 2.45) is 5.41 Å². The maximum Gasteiger partial charge on any atom is 0.165 e. The second kappa shape index (κ2) is 5.96. The topological polar surface area (TPSA) is 25.2 Å². The molecule has 0 radical (unpaired) electrons. The van der Waals surface area contributed by atoms with Crippen LogP contribution in [0.3, 0.4) is 0 Å². The quantitative estimate of drug-likeness (QED) is 0.823. The molecule has 21 heavy (non-hydrogen) atoms. The number of ketones is 1. The zero-order valence-corrected chi connectivity index (χ0v) is 14.5. The van der Waals surface area contributed by atoms with Crippen molar-refractivity contribution >= 4 is 5.78 Å². The van der Waals surface area contributed by atoms with E-state index in [-0.39, 0.29) is 5.41 Å². The van der Waals surface area contributed by atoms with Gasteiger partial charge in [0.2, 0.25) is 0 Å². The number of fused-ring (bicyclic) bond motifs is 1. The molecule has 0 aromatic carbocycles. The molecule has 0 N–H and O–H groups in total. The molecule has 0 spiro atoms. The van der Waals surface area contributed by atoms with Gasteiger partial charge in [0.15, 0.2) is 5.78 Å². The van der Waals surface area contributed by atoms with Crippen LogP contribution in [0.25, 0.3) is 0 Å². The molecule has 118 valence electrons. The summed E-state index contributed by atoms with van der Waals surface area (Å²) in [4.78, 5) is 14.9. The van der Waals surface area contributed by atoms with Gasteiger partial charge in [0.05, 0.1) is 0 Å². The number of aromatic nitrogens is 1. The van der Waals surface area contributed by atoms with Gasteiger partial charge in [0.1, 0.15) is 0 Å². The number of hydrogen-bond acceptors (Lipinski definition) is 2. The molecule has 0 bridgehead atoms. The molecule has 1 aliphatic rings. The van der Waals surface area contributed by atoms with Crippen LogP contribution in [0, 0.1) is 12.3 Å². The predicted octanol–water partition coefficient (Wildman–Crippen LogP) is 3.85. The van der Waals surface area contributed by atoms with Crippen molar-refractivity contribution in [2.75, 3.05) is 19.6 Å². The molecular formula is C18H30N2O. The fraction of sp³-hybridized carbons (Fsp3) is 0.722. The summed E-state index contributed by atoms with van der Waals surface area (Å²) < 4.78 is 2.41. The average Bonchev–Trinajstić information content (AvgIpc) is 2.71. The fourth-order valence-electron chi connectivity index (χ4n) is 3.72. The van der Waals surface area contributed by atoms with Crippen LogP contribution in [0.2, 0.25) is 0 Å². The molecule has 0 saturated heterocycles. The van der Waals surface area contributed by atoms with Crippen molar-refractivity contribution in [1.82, 2.24) is 9.47 Å². The first-order valence-corrected chi connectivity index (χ1v) is 8.25. The number of Topliss-reactive ketones (excluding diaryl/α,β-unsaturated/α-hetero) is 1. The SMILES string of the molecule is CCN(CC)CC(C)n1c(C)cc2c1CC(C)(C)CC2=O. The van der Waals surface area contributed by atoms with Crippen molar-refractivity contribution < 1.29 is 4.79 Å². The maximum absolute atomic E-state index is 12.4. The molecule has 0 amide bonds. The minimum Gasteiger partial charge on any atom is -0.344 e. The Morgan fingerprint density at radius 1 is 1.29 bits per heavy atom. The van der Waals surface area contributed by atoms with E-state index < -0.39 is 0 Å². The van der Waals surface area contributed by atoms with Crippen LogP contribution in [-0.2, 0) is 6.42 Å². The number of carbonyl (C=O) groups excluding carboxylic acids is 1. The van der Waals surface area contributed by atoms with E-state index in [1.807, 2.05) is 0 Å². The summed E-state index contributed by atoms with van der Waals surface area (Å²) in [5.41, 5.74) is 3.54. The number of nitrogens with zero attached hydrogens (tertiary/aromatic N) is 2. The summed E-state index contributed by atoms with van der Waals surface area (Å²) in [6, 6.07) is 2.52. The molecule has 1 atom stereocenters. The van der Waals surface area contributed by atoms with E-state index in [1.54, 1.807) is 0 Å². The van der Waals surface area contributed by atoms with E-state index in [1.165, 1.54) is 11.4 Å². The number of aryl methyl sites for hydroxylation is 1. The van der Waals surface area contributed by atoms with Crippen molar-refractivity contribution in [3.63, 3.8) is 0 Å². The first-order chi connectivity index (χ1) is 9.79. The third-order valence-electron chi connectivity index (χ3n) is 4.78. The van der Waals surface area contributed by atoms with Gasteiger partial charge in [0, 0.05) is 36.0 Å². The fourth-order valence-corrected chi connectivity index (χ4v) is 3.72. The Balaban J connectivity index is 2.35. The molecule has 0 fully saturated rings. The number of hydrogen-bond donors (Lipinski definition) is 0.